The van der Waals surface area contributed by atoms with Crippen LogP contribution in [0.25, 0.3) is 10.8 Å². The topological polar surface area (TPSA) is 75.7 Å². The number of nitrogens with zero attached hydrogens (tertiary/aromatic N) is 1. The van der Waals surface area contributed by atoms with Crippen LogP contribution in [0.15, 0.2) is 35.2 Å². The van der Waals surface area contributed by atoms with Gasteiger partial charge < -0.3 is 10.1 Å². The maximum atomic E-state index is 13.2. The smallest absolute Gasteiger partial charge is 0.256 e. The van der Waals surface area contributed by atoms with E-state index in [4.69, 9.17) is 4.74 Å². The highest BCUT2D eigenvalue weighted by Gasteiger charge is 2.34. The molecule has 0 radical (unpaired) electrons. The second kappa shape index (κ2) is 5.27. The largest absolute Gasteiger partial charge is 0.373 e. The lowest BCUT2D eigenvalue weighted by molar-refractivity contribution is -0.0440. The van der Waals surface area contributed by atoms with Crippen molar-refractivity contribution >= 4 is 32.4 Å². The summed E-state index contributed by atoms with van der Waals surface area (Å²) in [5, 5.41) is 4.03. The number of hydrogen-bond acceptors (Lipinski definition) is 4. The number of ether oxygens (including phenoxy) is 1. The fourth-order valence-corrected chi connectivity index (χ4v) is 5.33. The van der Waals surface area contributed by atoms with Gasteiger partial charge in [-0.15, -0.1) is 0 Å². The Kier molecular flexibility index (Phi) is 3.42. The molecule has 0 saturated carbocycles. The predicted molar refractivity (Wildman–Crippen MR) is 90.7 cm³/mol. The molecule has 0 spiro atoms. The van der Waals surface area contributed by atoms with Crippen molar-refractivity contribution in [1.29, 1.82) is 0 Å². The van der Waals surface area contributed by atoms with Crippen LogP contribution in [0.3, 0.4) is 0 Å². The molecule has 2 aromatic rings. The Morgan fingerprint density at radius 2 is 1.83 bits per heavy atom. The average molecular weight is 346 g/mol. The first-order valence-electron chi connectivity index (χ1n) is 7.90. The minimum atomic E-state index is -3.66. The molecule has 1 amide bonds. The summed E-state index contributed by atoms with van der Waals surface area (Å²) in [5.74, 6) is -0.196. The van der Waals surface area contributed by atoms with Gasteiger partial charge in [0.15, 0.2) is 0 Å². The molecule has 6 nitrogen and oxygen atoms in total. The molecule has 0 aromatic heterocycles. The van der Waals surface area contributed by atoms with Crippen molar-refractivity contribution in [2.45, 2.75) is 31.0 Å². The molecule has 1 N–H and O–H groups in total. The van der Waals surface area contributed by atoms with E-state index in [2.05, 4.69) is 5.32 Å². The molecule has 7 heteroatoms. The van der Waals surface area contributed by atoms with Crippen molar-refractivity contribution in [2.24, 2.45) is 0 Å². The lowest BCUT2D eigenvalue weighted by Crippen LogP contribution is -2.48. The summed E-state index contributed by atoms with van der Waals surface area (Å²) in [7, 11) is -3.66. The van der Waals surface area contributed by atoms with E-state index in [1.165, 1.54) is 4.31 Å². The first-order chi connectivity index (χ1) is 11.4. The van der Waals surface area contributed by atoms with Gasteiger partial charge in [0.25, 0.3) is 5.91 Å². The Balaban J connectivity index is 1.88. The van der Waals surface area contributed by atoms with Crippen LogP contribution in [0.4, 0.5) is 5.69 Å². The first-order valence-corrected chi connectivity index (χ1v) is 9.34. The molecule has 2 aliphatic heterocycles. The van der Waals surface area contributed by atoms with Crippen molar-refractivity contribution in [1.82, 2.24) is 4.31 Å². The predicted octanol–water partition coefficient (Wildman–Crippen LogP) is 2.20. The molecule has 126 valence electrons. The zero-order chi connectivity index (χ0) is 17.1. The maximum Gasteiger partial charge on any atom is 0.256 e. The van der Waals surface area contributed by atoms with E-state index in [1.807, 2.05) is 13.8 Å². The normalized spacial score (nSPS) is 24.3. The number of morpholine rings is 1. The van der Waals surface area contributed by atoms with Crippen LogP contribution in [0.5, 0.6) is 0 Å². The van der Waals surface area contributed by atoms with Crippen molar-refractivity contribution in [2.75, 3.05) is 18.4 Å². The van der Waals surface area contributed by atoms with Crippen molar-refractivity contribution in [3.63, 3.8) is 0 Å². The zero-order valence-corrected chi connectivity index (χ0v) is 14.3. The molecular formula is C17H18N2O4S. The van der Waals surface area contributed by atoms with Crippen molar-refractivity contribution in [3.05, 3.63) is 35.9 Å². The molecule has 2 unspecified atom stereocenters. The Bertz CT molecular complexity index is 944. The summed E-state index contributed by atoms with van der Waals surface area (Å²) < 4.78 is 33.5. The fraction of sp³-hybridized carbons (Fsp3) is 0.353. The Morgan fingerprint density at radius 3 is 2.54 bits per heavy atom. The highest BCUT2D eigenvalue weighted by atomic mass is 32.2. The fourth-order valence-electron chi connectivity index (χ4n) is 3.55. The van der Waals surface area contributed by atoms with E-state index in [1.54, 1.807) is 30.3 Å². The van der Waals surface area contributed by atoms with Crippen molar-refractivity contribution in [3.8, 4) is 0 Å². The standard InChI is InChI=1S/C17H18N2O4S/c1-10-8-19(9-11(2)23-10)24(21,22)15-7-6-14-16-12(15)4-3-5-13(16)17(20)18-14/h3-7,10-11H,8-9H2,1-2H3,(H,18,20). The van der Waals surface area contributed by atoms with Gasteiger partial charge in [-0.2, -0.15) is 4.31 Å². The SMILES string of the molecule is CC1CN(S(=O)(=O)c2ccc3c4c(cccc24)C(=O)N3)CC(C)O1. The number of sulfonamides is 1. The number of rotatable bonds is 2. The van der Waals surface area contributed by atoms with Crippen LogP contribution in [0, 0.1) is 0 Å². The summed E-state index contributed by atoms with van der Waals surface area (Å²) >= 11 is 0. The molecule has 2 aromatic carbocycles. The van der Waals surface area contributed by atoms with Gasteiger partial charge in [0.2, 0.25) is 10.0 Å². The molecule has 0 aliphatic carbocycles. The molecule has 0 bridgehead atoms. The number of hydrogen-bond donors (Lipinski definition) is 1. The molecule has 1 fully saturated rings. The molecular weight excluding hydrogens is 328 g/mol. The number of amides is 1. The first kappa shape index (κ1) is 15.6. The zero-order valence-electron chi connectivity index (χ0n) is 13.4. The van der Waals surface area contributed by atoms with Crippen LogP contribution in [-0.2, 0) is 14.8 Å². The minimum absolute atomic E-state index is 0.149. The van der Waals surface area contributed by atoms with Crippen molar-refractivity contribution < 1.29 is 17.9 Å². The number of carbonyl (C=O) groups is 1. The average Bonchev–Trinajstić information content (AvgIpc) is 2.85. The summed E-state index contributed by atoms with van der Waals surface area (Å²) in [4.78, 5) is 12.2. The highest BCUT2D eigenvalue weighted by Crippen LogP contribution is 2.37. The molecule has 1 saturated heterocycles. The van der Waals surface area contributed by atoms with Gasteiger partial charge in [0, 0.05) is 35.1 Å². The van der Waals surface area contributed by atoms with E-state index in [-0.39, 0.29) is 23.0 Å². The van der Waals surface area contributed by atoms with E-state index in [0.29, 0.717) is 35.1 Å². The van der Waals surface area contributed by atoms with Gasteiger partial charge in [-0.25, -0.2) is 8.42 Å². The molecule has 24 heavy (non-hydrogen) atoms. The lowest BCUT2D eigenvalue weighted by atomic mass is 10.1. The van der Waals surface area contributed by atoms with Gasteiger partial charge in [0.1, 0.15) is 0 Å². The molecule has 2 aliphatic rings. The summed E-state index contributed by atoms with van der Waals surface area (Å²) in [6.45, 7) is 4.39. The van der Waals surface area contributed by atoms with E-state index in [9.17, 15) is 13.2 Å². The third-order valence-corrected chi connectivity index (χ3v) is 6.39. The van der Waals surface area contributed by atoms with Gasteiger partial charge in [-0.3, -0.25) is 4.79 Å². The number of carbonyl (C=O) groups excluding carboxylic acids is 1. The quantitative estimate of drug-likeness (QED) is 0.904. The van der Waals surface area contributed by atoms with E-state index >= 15 is 0 Å². The van der Waals surface area contributed by atoms with Crippen LogP contribution in [0.1, 0.15) is 24.2 Å². The lowest BCUT2D eigenvalue weighted by Gasteiger charge is -2.34. The van der Waals surface area contributed by atoms with Crippen LogP contribution in [0.2, 0.25) is 0 Å². The second-order valence-corrected chi connectivity index (χ2v) is 8.28. The third kappa shape index (κ3) is 2.23. The van der Waals surface area contributed by atoms with Gasteiger partial charge >= 0.3 is 0 Å². The number of benzene rings is 2. The summed E-state index contributed by atoms with van der Waals surface area (Å²) in [6.07, 6.45) is -0.299. The molecule has 4 rings (SSSR count). The maximum absolute atomic E-state index is 13.2. The second-order valence-electron chi connectivity index (χ2n) is 6.37. The molecule has 2 heterocycles. The van der Waals surface area contributed by atoms with Crippen LogP contribution < -0.4 is 5.32 Å². The van der Waals surface area contributed by atoms with Gasteiger partial charge in [-0.05, 0) is 32.0 Å². The summed E-state index contributed by atoms with van der Waals surface area (Å²) in [5.41, 5.74) is 1.18. The number of anilines is 1. The van der Waals surface area contributed by atoms with E-state index < -0.39 is 10.0 Å². The summed E-state index contributed by atoms with van der Waals surface area (Å²) in [6, 6.07) is 8.42. The van der Waals surface area contributed by atoms with Gasteiger partial charge in [-0.1, -0.05) is 12.1 Å². The van der Waals surface area contributed by atoms with E-state index in [0.717, 1.165) is 0 Å². The van der Waals surface area contributed by atoms with Gasteiger partial charge in [0.05, 0.1) is 17.1 Å². The monoisotopic (exact) mass is 346 g/mol. The molecule has 2 atom stereocenters. The highest BCUT2D eigenvalue weighted by molar-refractivity contribution is 7.89. The Hall–Kier alpha value is -1.96. The minimum Gasteiger partial charge on any atom is -0.373 e. The van der Waals surface area contributed by atoms with Crippen LogP contribution >= 0.6 is 0 Å². The third-order valence-electron chi connectivity index (χ3n) is 4.50. The Labute approximate surface area is 140 Å². The Morgan fingerprint density at radius 1 is 1.12 bits per heavy atom. The van der Waals surface area contributed by atoms with Crippen LogP contribution in [-0.4, -0.2) is 43.9 Å². The number of nitrogens with one attached hydrogen (secondary N) is 1.